The highest BCUT2D eigenvalue weighted by Gasteiger charge is 2.06. The van der Waals surface area contributed by atoms with Crippen LogP contribution in [-0.2, 0) is 5.75 Å². The van der Waals surface area contributed by atoms with E-state index in [-0.39, 0.29) is 0 Å². The zero-order valence-corrected chi connectivity index (χ0v) is 9.02. The molecule has 0 aliphatic carbocycles. The molecule has 5 nitrogen and oxygen atoms in total. The van der Waals surface area contributed by atoms with E-state index in [1.165, 1.54) is 29.3 Å². The summed E-state index contributed by atoms with van der Waals surface area (Å²) in [5, 5.41) is 11.7. The SMILES string of the molecule is COn1nnnc1SCc1ccccc1. The first-order valence-corrected chi connectivity index (χ1v) is 5.38. The summed E-state index contributed by atoms with van der Waals surface area (Å²) in [6.07, 6.45) is 0. The van der Waals surface area contributed by atoms with Crippen LogP contribution in [0.25, 0.3) is 0 Å². The van der Waals surface area contributed by atoms with Crippen LogP contribution in [0.15, 0.2) is 35.5 Å². The number of rotatable bonds is 4. The molecule has 2 rings (SSSR count). The molecule has 1 aromatic heterocycles. The Morgan fingerprint density at radius 1 is 1.33 bits per heavy atom. The van der Waals surface area contributed by atoms with Crippen LogP contribution in [-0.4, -0.2) is 27.5 Å². The summed E-state index contributed by atoms with van der Waals surface area (Å²) in [5.41, 5.74) is 1.23. The van der Waals surface area contributed by atoms with E-state index in [1.807, 2.05) is 18.2 Å². The molecule has 0 amide bonds. The fraction of sp³-hybridized carbons (Fsp3) is 0.222. The van der Waals surface area contributed by atoms with Crippen molar-refractivity contribution in [3.63, 3.8) is 0 Å². The minimum Gasteiger partial charge on any atom is -0.397 e. The average Bonchev–Trinajstić information content (AvgIpc) is 2.75. The molecular formula is C9H10N4OS. The number of tetrazole rings is 1. The van der Waals surface area contributed by atoms with Crippen molar-refractivity contribution in [2.75, 3.05) is 7.11 Å². The minimum absolute atomic E-state index is 0.654. The lowest BCUT2D eigenvalue weighted by molar-refractivity contribution is 0.107. The fourth-order valence-electron chi connectivity index (χ4n) is 1.09. The lowest BCUT2D eigenvalue weighted by atomic mass is 10.2. The summed E-state index contributed by atoms with van der Waals surface area (Å²) < 4.78 is 0. The Hall–Kier alpha value is -1.56. The van der Waals surface area contributed by atoms with Crippen molar-refractivity contribution in [2.45, 2.75) is 10.9 Å². The number of benzene rings is 1. The number of thioether (sulfide) groups is 1. The Morgan fingerprint density at radius 3 is 2.87 bits per heavy atom. The van der Waals surface area contributed by atoms with Gasteiger partial charge in [-0.05, 0) is 16.0 Å². The van der Waals surface area contributed by atoms with E-state index in [9.17, 15) is 0 Å². The molecule has 1 heterocycles. The maximum Gasteiger partial charge on any atom is 0.249 e. The third-order valence-corrected chi connectivity index (χ3v) is 2.77. The number of hydrogen-bond acceptors (Lipinski definition) is 5. The molecule has 1 aromatic carbocycles. The second-order valence-electron chi connectivity index (χ2n) is 2.79. The van der Waals surface area contributed by atoms with Gasteiger partial charge in [-0.1, -0.05) is 52.0 Å². The predicted octanol–water partition coefficient (Wildman–Crippen LogP) is 1.02. The van der Waals surface area contributed by atoms with Crippen molar-refractivity contribution in [3.05, 3.63) is 35.9 Å². The van der Waals surface area contributed by atoms with Crippen molar-refractivity contribution < 1.29 is 4.84 Å². The van der Waals surface area contributed by atoms with Gasteiger partial charge < -0.3 is 4.84 Å². The van der Waals surface area contributed by atoms with Crippen LogP contribution in [0.5, 0.6) is 0 Å². The predicted molar refractivity (Wildman–Crippen MR) is 56.3 cm³/mol. The highest BCUT2D eigenvalue weighted by atomic mass is 32.2. The molecule has 78 valence electrons. The maximum atomic E-state index is 4.93. The first-order valence-electron chi connectivity index (χ1n) is 4.40. The van der Waals surface area contributed by atoms with Crippen molar-refractivity contribution in [1.29, 1.82) is 0 Å². The molecule has 0 spiro atoms. The molecule has 0 saturated carbocycles. The average molecular weight is 222 g/mol. The smallest absolute Gasteiger partial charge is 0.249 e. The van der Waals surface area contributed by atoms with E-state index in [2.05, 4.69) is 27.7 Å². The van der Waals surface area contributed by atoms with Gasteiger partial charge in [0.2, 0.25) is 5.16 Å². The maximum absolute atomic E-state index is 4.93. The molecule has 0 atom stereocenters. The van der Waals surface area contributed by atoms with Gasteiger partial charge in [-0.3, -0.25) is 0 Å². The lowest BCUT2D eigenvalue weighted by Gasteiger charge is -2.01. The molecular weight excluding hydrogens is 212 g/mol. The molecule has 0 radical (unpaired) electrons. The van der Waals surface area contributed by atoms with Crippen molar-refractivity contribution in [3.8, 4) is 0 Å². The highest BCUT2D eigenvalue weighted by molar-refractivity contribution is 7.98. The normalized spacial score (nSPS) is 10.2. The largest absolute Gasteiger partial charge is 0.397 e. The molecule has 0 unspecified atom stereocenters. The summed E-state index contributed by atoms with van der Waals surface area (Å²) in [4.78, 5) is 6.23. The van der Waals surface area contributed by atoms with Crippen molar-refractivity contribution in [1.82, 2.24) is 20.4 Å². The van der Waals surface area contributed by atoms with Gasteiger partial charge in [-0.25, -0.2) is 0 Å². The summed E-state index contributed by atoms with van der Waals surface area (Å²) in [6.45, 7) is 0. The van der Waals surface area contributed by atoms with Gasteiger partial charge in [0.15, 0.2) is 0 Å². The van der Waals surface area contributed by atoms with Crippen LogP contribution in [0.2, 0.25) is 0 Å². The van der Waals surface area contributed by atoms with Gasteiger partial charge in [-0.15, -0.1) is 0 Å². The van der Waals surface area contributed by atoms with Crippen LogP contribution in [0, 0.1) is 0 Å². The topological polar surface area (TPSA) is 52.8 Å². The van der Waals surface area contributed by atoms with Gasteiger partial charge in [0.25, 0.3) is 0 Å². The Morgan fingerprint density at radius 2 is 2.13 bits per heavy atom. The first kappa shape index (κ1) is 9.97. The zero-order chi connectivity index (χ0) is 10.5. The minimum atomic E-state index is 0.654. The van der Waals surface area contributed by atoms with Crippen LogP contribution >= 0.6 is 11.8 Å². The second-order valence-corrected chi connectivity index (χ2v) is 3.73. The third kappa shape index (κ3) is 2.47. The van der Waals surface area contributed by atoms with E-state index in [0.717, 1.165) is 5.75 Å². The monoisotopic (exact) mass is 222 g/mol. The Kier molecular flexibility index (Phi) is 3.18. The van der Waals surface area contributed by atoms with Crippen LogP contribution in [0.4, 0.5) is 0 Å². The van der Waals surface area contributed by atoms with Gasteiger partial charge in [0, 0.05) is 5.75 Å². The van der Waals surface area contributed by atoms with Crippen LogP contribution < -0.4 is 4.84 Å². The lowest BCUT2D eigenvalue weighted by Crippen LogP contribution is -2.09. The number of nitrogens with zero attached hydrogens (tertiary/aromatic N) is 4. The van der Waals surface area contributed by atoms with E-state index in [0.29, 0.717) is 5.16 Å². The summed E-state index contributed by atoms with van der Waals surface area (Å²) >= 11 is 1.53. The number of hydrogen-bond donors (Lipinski definition) is 0. The molecule has 0 aliphatic rings. The Bertz CT molecular complexity index is 417. The summed E-state index contributed by atoms with van der Waals surface area (Å²) in [5.74, 6) is 0.824. The molecule has 15 heavy (non-hydrogen) atoms. The molecule has 2 aromatic rings. The van der Waals surface area contributed by atoms with E-state index >= 15 is 0 Å². The second kappa shape index (κ2) is 4.79. The molecule has 0 saturated heterocycles. The molecule has 0 bridgehead atoms. The molecule has 0 N–H and O–H groups in total. The molecule has 0 fully saturated rings. The fourth-order valence-corrected chi connectivity index (χ4v) is 1.90. The summed E-state index contributed by atoms with van der Waals surface area (Å²) in [6, 6.07) is 10.1. The van der Waals surface area contributed by atoms with E-state index in [4.69, 9.17) is 4.84 Å². The Labute approximate surface area is 91.4 Å². The molecule has 0 aliphatic heterocycles. The van der Waals surface area contributed by atoms with E-state index in [1.54, 1.807) is 0 Å². The quantitative estimate of drug-likeness (QED) is 0.723. The van der Waals surface area contributed by atoms with Crippen LogP contribution in [0.1, 0.15) is 5.56 Å². The summed E-state index contributed by atoms with van der Waals surface area (Å²) in [7, 11) is 1.53. The number of aromatic nitrogens is 4. The van der Waals surface area contributed by atoms with Crippen molar-refractivity contribution in [2.24, 2.45) is 0 Å². The standard InChI is InChI=1S/C9H10N4OS/c1-14-13-9(10-11-12-13)15-7-8-5-3-2-4-6-8/h2-6H,7H2,1H3. The van der Waals surface area contributed by atoms with Gasteiger partial charge in [0.05, 0.1) is 0 Å². The third-order valence-electron chi connectivity index (χ3n) is 1.80. The Balaban J connectivity index is 1.99. The van der Waals surface area contributed by atoms with Crippen LogP contribution in [0.3, 0.4) is 0 Å². The van der Waals surface area contributed by atoms with Gasteiger partial charge in [-0.2, -0.15) is 0 Å². The van der Waals surface area contributed by atoms with E-state index < -0.39 is 0 Å². The highest BCUT2D eigenvalue weighted by Crippen LogP contribution is 2.18. The van der Waals surface area contributed by atoms with Gasteiger partial charge >= 0.3 is 0 Å². The first-order chi connectivity index (χ1) is 7.40. The zero-order valence-electron chi connectivity index (χ0n) is 8.20. The molecule has 6 heteroatoms. The van der Waals surface area contributed by atoms with Gasteiger partial charge in [0.1, 0.15) is 7.11 Å². The van der Waals surface area contributed by atoms with Crippen molar-refractivity contribution >= 4 is 11.8 Å².